The molecule has 4 rings (SSSR count). The van der Waals surface area contributed by atoms with Crippen molar-refractivity contribution in [2.45, 2.75) is 51.9 Å². The van der Waals surface area contributed by atoms with Gasteiger partial charge >= 0.3 is 0 Å². The van der Waals surface area contributed by atoms with Crippen molar-refractivity contribution in [3.05, 3.63) is 11.7 Å². The minimum atomic E-state index is -0.129. The number of rotatable bonds is 3. The molecule has 1 spiro atoms. The number of hydrogen-bond acceptors (Lipinski definition) is 5. The normalized spacial score (nSPS) is 25.6. The molecule has 1 unspecified atom stereocenters. The van der Waals surface area contributed by atoms with E-state index in [1.165, 1.54) is 25.7 Å². The lowest BCUT2D eigenvalue weighted by Crippen LogP contribution is -2.61. The summed E-state index contributed by atoms with van der Waals surface area (Å²) >= 11 is 0. The van der Waals surface area contributed by atoms with E-state index in [1.54, 1.807) is 13.8 Å². The van der Waals surface area contributed by atoms with Crippen molar-refractivity contribution < 1.29 is 14.1 Å². The number of hydrogen-bond donors (Lipinski definition) is 0. The van der Waals surface area contributed by atoms with E-state index in [4.69, 9.17) is 4.52 Å². The molecule has 3 fully saturated rings. The summed E-state index contributed by atoms with van der Waals surface area (Å²) in [6, 6.07) is 0. The van der Waals surface area contributed by atoms with E-state index < -0.39 is 0 Å². The predicted molar refractivity (Wildman–Crippen MR) is 89.6 cm³/mol. The smallest absolute Gasteiger partial charge is 0.232 e. The molecule has 0 aromatic carbocycles. The van der Waals surface area contributed by atoms with Crippen LogP contribution in [0.25, 0.3) is 0 Å². The molecular weight excluding hydrogens is 320 g/mol. The Morgan fingerprint density at radius 1 is 1.20 bits per heavy atom. The van der Waals surface area contributed by atoms with E-state index in [-0.39, 0.29) is 23.1 Å². The highest BCUT2D eigenvalue weighted by Gasteiger charge is 2.58. The lowest BCUT2D eigenvalue weighted by Gasteiger charge is -2.50. The zero-order chi connectivity index (χ0) is 17.6. The molecule has 2 amide bonds. The number of carbonyl (C=O) groups is 2. The maximum absolute atomic E-state index is 12.6. The molecule has 1 saturated carbocycles. The average Bonchev–Trinajstić information content (AvgIpc) is 3.23. The second kappa shape index (κ2) is 6.11. The molecule has 3 heterocycles. The molecule has 25 heavy (non-hydrogen) atoms. The van der Waals surface area contributed by atoms with Gasteiger partial charge in [0.15, 0.2) is 5.82 Å². The summed E-state index contributed by atoms with van der Waals surface area (Å²) in [5, 5.41) is 3.91. The Hall–Kier alpha value is -1.92. The van der Waals surface area contributed by atoms with Gasteiger partial charge in [-0.25, -0.2) is 0 Å². The molecule has 0 radical (unpaired) electrons. The van der Waals surface area contributed by atoms with E-state index in [1.807, 2.05) is 9.80 Å². The van der Waals surface area contributed by atoms with Crippen molar-refractivity contribution in [3.8, 4) is 0 Å². The predicted octanol–water partition coefficient (Wildman–Crippen LogP) is 1.73. The molecule has 1 aromatic rings. The zero-order valence-corrected chi connectivity index (χ0v) is 15.0. The zero-order valence-electron chi connectivity index (χ0n) is 15.0. The van der Waals surface area contributed by atoms with Crippen LogP contribution in [-0.4, -0.2) is 57.9 Å². The van der Waals surface area contributed by atoms with E-state index >= 15 is 0 Å². The Kier molecular flexibility index (Phi) is 4.04. The molecule has 0 N–H and O–H groups in total. The molecule has 7 nitrogen and oxygen atoms in total. The fraction of sp³-hybridized carbons (Fsp3) is 0.778. The summed E-state index contributed by atoms with van der Waals surface area (Å²) in [4.78, 5) is 32.7. The Morgan fingerprint density at radius 3 is 2.48 bits per heavy atom. The second-order valence-electron chi connectivity index (χ2n) is 8.10. The molecule has 3 aliphatic rings. The topological polar surface area (TPSA) is 79.5 Å². The number of aromatic nitrogens is 2. The molecule has 7 heteroatoms. The molecule has 136 valence electrons. The highest BCUT2D eigenvalue weighted by atomic mass is 16.5. The Balaban J connectivity index is 1.46. The summed E-state index contributed by atoms with van der Waals surface area (Å²) in [6.07, 6.45) is 5.57. The van der Waals surface area contributed by atoms with E-state index in [2.05, 4.69) is 10.1 Å². The average molecular weight is 346 g/mol. The van der Waals surface area contributed by atoms with E-state index in [9.17, 15) is 9.59 Å². The molecular formula is C18H26N4O3. The number of aryl methyl sites for hydroxylation is 1. The van der Waals surface area contributed by atoms with Crippen LogP contribution in [0.15, 0.2) is 4.52 Å². The monoisotopic (exact) mass is 346 g/mol. The first-order valence-corrected chi connectivity index (χ1v) is 9.30. The summed E-state index contributed by atoms with van der Waals surface area (Å²) < 4.78 is 5.41. The fourth-order valence-corrected chi connectivity index (χ4v) is 4.80. The van der Waals surface area contributed by atoms with E-state index in [0.29, 0.717) is 50.2 Å². The van der Waals surface area contributed by atoms with E-state index in [0.717, 1.165) is 0 Å². The summed E-state index contributed by atoms with van der Waals surface area (Å²) in [5.74, 6) is 2.13. The summed E-state index contributed by atoms with van der Waals surface area (Å²) in [7, 11) is 0. The van der Waals surface area contributed by atoms with Crippen molar-refractivity contribution in [3.63, 3.8) is 0 Å². The van der Waals surface area contributed by atoms with Crippen molar-refractivity contribution in [1.82, 2.24) is 19.9 Å². The highest BCUT2D eigenvalue weighted by Crippen LogP contribution is 2.49. The van der Waals surface area contributed by atoms with Crippen LogP contribution in [0.2, 0.25) is 0 Å². The van der Waals surface area contributed by atoms with Gasteiger partial charge in [0.1, 0.15) is 0 Å². The maximum atomic E-state index is 12.6. The highest BCUT2D eigenvalue weighted by molar-refractivity contribution is 5.78. The van der Waals surface area contributed by atoms with Gasteiger partial charge in [0.25, 0.3) is 0 Å². The minimum Gasteiger partial charge on any atom is -0.341 e. The molecule has 1 aromatic heterocycles. The van der Waals surface area contributed by atoms with Crippen molar-refractivity contribution in [1.29, 1.82) is 0 Å². The third kappa shape index (κ3) is 2.93. The van der Waals surface area contributed by atoms with Crippen molar-refractivity contribution in [2.75, 3.05) is 26.2 Å². The van der Waals surface area contributed by atoms with Crippen LogP contribution in [0.3, 0.4) is 0 Å². The second-order valence-corrected chi connectivity index (χ2v) is 8.10. The standard InChI is InChI=1S/C18H26N4O3/c1-12-19-17(25-20-12)15-8-21(13(2)23)9-18(15)10-22(11-18)16(24)7-14-5-3-4-6-14/h14-15H,3-11H2,1-2H3. The van der Waals surface area contributed by atoms with Crippen LogP contribution in [0, 0.1) is 18.3 Å². The largest absolute Gasteiger partial charge is 0.341 e. The minimum absolute atomic E-state index is 0.0214. The Bertz CT molecular complexity index is 674. The quantitative estimate of drug-likeness (QED) is 0.833. The van der Waals surface area contributed by atoms with Gasteiger partial charge in [-0.3, -0.25) is 9.59 Å². The van der Waals surface area contributed by atoms with Crippen LogP contribution in [0.1, 0.15) is 56.7 Å². The number of nitrogens with zero attached hydrogens (tertiary/aromatic N) is 4. The van der Waals surface area contributed by atoms with Crippen LogP contribution in [0.5, 0.6) is 0 Å². The molecule has 1 aliphatic carbocycles. The lowest BCUT2D eigenvalue weighted by atomic mass is 9.71. The molecule has 0 bridgehead atoms. The van der Waals surface area contributed by atoms with Gasteiger partial charge in [0.05, 0.1) is 5.92 Å². The maximum Gasteiger partial charge on any atom is 0.232 e. The summed E-state index contributed by atoms with van der Waals surface area (Å²) in [5.41, 5.74) is -0.129. The molecule has 1 atom stereocenters. The van der Waals surface area contributed by atoms with Crippen LogP contribution < -0.4 is 0 Å². The van der Waals surface area contributed by atoms with Gasteiger partial charge in [0, 0.05) is 44.9 Å². The lowest BCUT2D eigenvalue weighted by molar-refractivity contribution is -0.145. The van der Waals surface area contributed by atoms with Crippen LogP contribution in [0.4, 0.5) is 0 Å². The SMILES string of the molecule is CC(=O)N1CC(c2nc(C)no2)C2(C1)CN(C(=O)CC1CCCC1)C2. The van der Waals surface area contributed by atoms with Gasteiger partial charge in [-0.05, 0) is 25.7 Å². The molecule has 2 aliphatic heterocycles. The van der Waals surface area contributed by atoms with Crippen molar-refractivity contribution in [2.24, 2.45) is 11.3 Å². The number of likely N-dealkylation sites (tertiary alicyclic amines) is 2. The van der Waals surface area contributed by atoms with Gasteiger partial charge in [-0.15, -0.1) is 0 Å². The Labute approximate surface area is 147 Å². The van der Waals surface area contributed by atoms with Gasteiger partial charge in [-0.2, -0.15) is 4.98 Å². The van der Waals surface area contributed by atoms with Crippen LogP contribution in [-0.2, 0) is 9.59 Å². The fourth-order valence-electron chi connectivity index (χ4n) is 4.80. The van der Waals surface area contributed by atoms with Crippen LogP contribution >= 0.6 is 0 Å². The first kappa shape index (κ1) is 16.5. The van der Waals surface area contributed by atoms with Crippen molar-refractivity contribution >= 4 is 11.8 Å². The molecule has 2 saturated heterocycles. The first-order valence-electron chi connectivity index (χ1n) is 9.30. The number of carbonyl (C=O) groups excluding carboxylic acids is 2. The third-order valence-corrected chi connectivity index (χ3v) is 6.24. The first-order chi connectivity index (χ1) is 12.0. The third-order valence-electron chi connectivity index (χ3n) is 6.24. The number of amides is 2. The van der Waals surface area contributed by atoms with Gasteiger partial charge in [-0.1, -0.05) is 18.0 Å². The summed E-state index contributed by atoms with van der Waals surface area (Å²) in [6.45, 7) is 6.04. The van der Waals surface area contributed by atoms with Gasteiger partial charge in [0.2, 0.25) is 17.7 Å². The Morgan fingerprint density at radius 2 is 1.88 bits per heavy atom. The van der Waals surface area contributed by atoms with Gasteiger partial charge < -0.3 is 14.3 Å².